The number of hydrogen-bond acceptors (Lipinski definition) is 7. The van der Waals surface area contributed by atoms with Crippen molar-refractivity contribution in [2.75, 3.05) is 40.1 Å². The maximum atomic E-state index is 13.9. The van der Waals surface area contributed by atoms with Crippen molar-refractivity contribution in [3.05, 3.63) is 56.3 Å². The van der Waals surface area contributed by atoms with Crippen LogP contribution in [-0.4, -0.2) is 52.1 Å². The molecule has 0 bridgehead atoms. The molecule has 1 heterocycles. The number of benzene rings is 1. The van der Waals surface area contributed by atoms with Crippen LogP contribution < -0.4 is 11.1 Å². The number of carbonyl (C=O) groups excluding carboxylic acids is 2. The first-order chi connectivity index (χ1) is 14.4. The highest BCUT2D eigenvalue weighted by Crippen LogP contribution is 2.43. The molecule has 1 aliphatic rings. The molecule has 1 aliphatic heterocycles. The standard InChI is InChI=1S/C20H23Cl2FN2O5/c1-3-30-20(27)17-14(10-29-8-7-24)25-13(9-23)16(19(26)28-2)15(17)11-5-4-6-12(21)18(11)22/h4-6,15,25H,3,7-10,24H2,1-2H3. The largest absolute Gasteiger partial charge is 0.466 e. The molecule has 2 rings (SSSR count). The second-order valence-electron chi connectivity index (χ2n) is 6.17. The predicted octanol–water partition coefficient (Wildman–Crippen LogP) is 2.87. The van der Waals surface area contributed by atoms with Gasteiger partial charge < -0.3 is 25.3 Å². The summed E-state index contributed by atoms with van der Waals surface area (Å²) in [5.41, 5.74) is 5.91. The van der Waals surface area contributed by atoms with Crippen LogP contribution in [0.5, 0.6) is 0 Å². The van der Waals surface area contributed by atoms with Gasteiger partial charge in [0.2, 0.25) is 0 Å². The van der Waals surface area contributed by atoms with E-state index in [2.05, 4.69) is 5.32 Å². The molecule has 164 valence electrons. The van der Waals surface area contributed by atoms with E-state index in [0.29, 0.717) is 5.56 Å². The summed E-state index contributed by atoms with van der Waals surface area (Å²) < 4.78 is 29.5. The van der Waals surface area contributed by atoms with Gasteiger partial charge >= 0.3 is 11.9 Å². The van der Waals surface area contributed by atoms with E-state index in [-0.39, 0.29) is 59.0 Å². The monoisotopic (exact) mass is 460 g/mol. The number of nitrogens with one attached hydrogen (secondary N) is 1. The molecule has 1 aromatic rings. The van der Waals surface area contributed by atoms with Crippen molar-refractivity contribution < 1.29 is 28.2 Å². The minimum atomic E-state index is -1.08. The number of methoxy groups -OCH3 is 1. The van der Waals surface area contributed by atoms with E-state index in [9.17, 15) is 14.0 Å². The number of carbonyl (C=O) groups is 2. The molecule has 0 fully saturated rings. The zero-order valence-corrected chi connectivity index (χ0v) is 18.1. The molecule has 0 saturated heterocycles. The summed E-state index contributed by atoms with van der Waals surface area (Å²) in [6.45, 7) is 1.09. The highest BCUT2D eigenvalue weighted by atomic mass is 35.5. The fourth-order valence-electron chi connectivity index (χ4n) is 3.14. The molecule has 10 heteroatoms. The zero-order valence-electron chi connectivity index (χ0n) is 16.6. The highest BCUT2D eigenvalue weighted by molar-refractivity contribution is 6.42. The van der Waals surface area contributed by atoms with Crippen LogP contribution in [0.1, 0.15) is 18.4 Å². The average molecular weight is 461 g/mol. The summed E-state index contributed by atoms with van der Waals surface area (Å²) in [5.74, 6) is -2.61. The molecule has 0 radical (unpaired) electrons. The highest BCUT2D eigenvalue weighted by Gasteiger charge is 2.40. The smallest absolute Gasteiger partial charge is 0.336 e. The van der Waals surface area contributed by atoms with Gasteiger partial charge in [-0.25, -0.2) is 14.0 Å². The second kappa shape index (κ2) is 11.3. The van der Waals surface area contributed by atoms with Gasteiger partial charge in [0.1, 0.15) is 6.67 Å². The normalized spacial score (nSPS) is 16.4. The molecule has 0 amide bonds. The molecule has 0 saturated carbocycles. The van der Waals surface area contributed by atoms with Gasteiger partial charge in [-0.15, -0.1) is 0 Å². The third-order valence-corrected chi connectivity index (χ3v) is 5.20. The van der Waals surface area contributed by atoms with Gasteiger partial charge in [0.05, 0.1) is 65.4 Å². The van der Waals surface area contributed by atoms with Crippen molar-refractivity contribution in [1.82, 2.24) is 5.32 Å². The van der Waals surface area contributed by atoms with Crippen molar-refractivity contribution in [2.24, 2.45) is 5.73 Å². The van der Waals surface area contributed by atoms with Gasteiger partial charge in [-0.2, -0.15) is 0 Å². The first-order valence-corrected chi connectivity index (χ1v) is 9.92. The number of nitrogens with two attached hydrogens (primary N) is 1. The molecular weight excluding hydrogens is 438 g/mol. The van der Waals surface area contributed by atoms with Crippen LogP contribution in [0.4, 0.5) is 4.39 Å². The average Bonchev–Trinajstić information content (AvgIpc) is 2.74. The van der Waals surface area contributed by atoms with Crippen LogP contribution in [0.3, 0.4) is 0 Å². The van der Waals surface area contributed by atoms with E-state index in [1.807, 2.05) is 0 Å². The molecule has 7 nitrogen and oxygen atoms in total. The Labute approximate surface area is 183 Å². The lowest BCUT2D eigenvalue weighted by atomic mass is 9.80. The Morgan fingerprint density at radius 2 is 1.90 bits per heavy atom. The van der Waals surface area contributed by atoms with Crippen LogP contribution in [0, 0.1) is 0 Å². The molecule has 3 N–H and O–H groups in total. The van der Waals surface area contributed by atoms with Gasteiger partial charge in [0.25, 0.3) is 0 Å². The fourth-order valence-corrected chi connectivity index (χ4v) is 3.56. The van der Waals surface area contributed by atoms with E-state index in [1.54, 1.807) is 25.1 Å². The molecule has 1 atom stereocenters. The third-order valence-electron chi connectivity index (χ3n) is 4.36. The van der Waals surface area contributed by atoms with Crippen molar-refractivity contribution in [3.8, 4) is 0 Å². The van der Waals surface area contributed by atoms with Gasteiger partial charge in [-0.3, -0.25) is 0 Å². The van der Waals surface area contributed by atoms with Crippen molar-refractivity contribution in [2.45, 2.75) is 12.8 Å². The fraction of sp³-hybridized carbons (Fsp3) is 0.400. The van der Waals surface area contributed by atoms with Gasteiger partial charge in [-0.1, -0.05) is 35.3 Å². The van der Waals surface area contributed by atoms with E-state index >= 15 is 0 Å². The first-order valence-electron chi connectivity index (χ1n) is 9.17. The molecule has 30 heavy (non-hydrogen) atoms. The summed E-state index contributed by atoms with van der Waals surface area (Å²) in [6, 6.07) is 4.77. The number of alkyl halides is 1. The molecule has 0 aromatic heterocycles. The number of rotatable bonds is 9. The Morgan fingerprint density at radius 1 is 1.20 bits per heavy atom. The minimum absolute atomic E-state index is 0.0515. The lowest BCUT2D eigenvalue weighted by Gasteiger charge is -2.32. The van der Waals surface area contributed by atoms with E-state index in [0.717, 1.165) is 7.11 Å². The zero-order chi connectivity index (χ0) is 22.3. The number of halogens is 3. The minimum Gasteiger partial charge on any atom is -0.466 e. The quantitative estimate of drug-likeness (QED) is 0.431. The Hall–Kier alpha value is -2.13. The van der Waals surface area contributed by atoms with Gasteiger partial charge in [0, 0.05) is 6.54 Å². The molecule has 1 aromatic carbocycles. The number of ether oxygens (including phenoxy) is 3. The predicted molar refractivity (Wildman–Crippen MR) is 111 cm³/mol. The maximum absolute atomic E-state index is 13.9. The Balaban J connectivity index is 2.77. The second-order valence-corrected chi connectivity index (χ2v) is 6.96. The summed E-state index contributed by atoms with van der Waals surface area (Å²) in [6.07, 6.45) is 0. The number of esters is 2. The maximum Gasteiger partial charge on any atom is 0.336 e. The molecular formula is C20H23Cl2FN2O5. The Kier molecular flexibility index (Phi) is 9.10. The summed E-state index contributed by atoms with van der Waals surface area (Å²) in [7, 11) is 1.16. The van der Waals surface area contributed by atoms with Crippen molar-refractivity contribution in [1.29, 1.82) is 0 Å². The summed E-state index contributed by atoms with van der Waals surface area (Å²) in [5, 5.41) is 3.12. The summed E-state index contributed by atoms with van der Waals surface area (Å²) >= 11 is 12.6. The molecule has 1 unspecified atom stereocenters. The Morgan fingerprint density at radius 3 is 2.50 bits per heavy atom. The number of hydrogen-bond donors (Lipinski definition) is 2. The van der Waals surface area contributed by atoms with Crippen LogP contribution >= 0.6 is 23.2 Å². The van der Waals surface area contributed by atoms with Crippen LogP contribution in [0.15, 0.2) is 40.7 Å². The number of allylic oxidation sites excluding steroid dienone is 1. The lowest BCUT2D eigenvalue weighted by Crippen LogP contribution is -2.36. The van der Waals surface area contributed by atoms with Crippen LogP contribution in [-0.2, 0) is 23.8 Å². The van der Waals surface area contributed by atoms with Gasteiger partial charge in [0.15, 0.2) is 0 Å². The third kappa shape index (κ3) is 5.13. The molecule has 0 spiro atoms. The molecule has 0 aliphatic carbocycles. The first kappa shape index (κ1) is 24.1. The summed E-state index contributed by atoms with van der Waals surface area (Å²) in [4.78, 5) is 25.6. The number of dihydropyridines is 1. The van der Waals surface area contributed by atoms with Crippen LogP contribution in [0.2, 0.25) is 10.0 Å². The lowest BCUT2D eigenvalue weighted by molar-refractivity contribution is -0.139. The van der Waals surface area contributed by atoms with Crippen molar-refractivity contribution >= 4 is 35.1 Å². The van der Waals surface area contributed by atoms with Gasteiger partial charge in [-0.05, 0) is 18.6 Å². The Bertz CT molecular complexity index is 873. The van der Waals surface area contributed by atoms with E-state index < -0.39 is 24.5 Å². The van der Waals surface area contributed by atoms with Crippen LogP contribution in [0.25, 0.3) is 0 Å². The SMILES string of the molecule is CCOC(=O)C1=C(COCCN)NC(CF)=C(C(=O)OC)C1c1cccc(Cl)c1Cl. The van der Waals surface area contributed by atoms with Crippen molar-refractivity contribution in [3.63, 3.8) is 0 Å². The van der Waals surface area contributed by atoms with E-state index in [1.165, 1.54) is 0 Å². The van der Waals surface area contributed by atoms with E-state index in [4.69, 9.17) is 43.1 Å². The topological polar surface area (TPSA) is 99.9 Å².